The molecule has 0 saturated carbocycles. The smallest absolute Gasteiger partial charge is 0.273 e. The Morgan fingerprint density at radius 2 is 2.29 bits per heavy atom. The molecule has 0 aromatic carbocycles. The Kier molecular flexibility index (Phi) is 5.69. The van der Waals surface area contributed by atoms with Crippen molar-refractivity contribution in [3.05, 3.63) is 17.8 Å². The number of unbranched alkanes of at least 4 members (excludes halogenated alkanes) is 2. The van der Waals surface area contributed by atoms with Crippen LogP contribution in [0.1, 0.15) is 62.0 Å². The van der Waals surface area contributed by atoms with Gasteiger partial charge in [-0.3, -0.25) is 4.79 Å². The number of carbonyl (C=O) groups excluding carboxylic acids is 1. The molecule has 0 saturated heterocycles. The molecule has 96 valence electrons. The van der Waals surface area contributed by atoms with E-state index in [4.69, 9.17) is 10.2 Å². The van der Waals surface area contributed by atoms with Crippen LogP contribution in [0.4, 0.5) is 0 Å². The Morgan fingerprint density at radius 3 is 2.94 bits per heavy atom. The van der Waals surface area contributed by atoms with Gasteiger partial charge in [0.2, 0.25) is 5.89 Å². The van der Waals surface area contributed by atoms with Crippen molar-refractivity contribution in [2.24, 2.45) is 5.73 Å². The quantitative estimate of drug-likeness (QED) is 0.713. The molecule has 0 spiro atoms. The van der Waals surface area contributed by atoms with E-state index in [9.17, 15) is 4.79 Å². The third-order valence-electron chi connectivity index (χ3n) is 2.58. The number of aromatic nitrogens is 1. The number of nitrogens with two attached hydrogens (primary N) is 1. The minimum absolute atomic E-state index is 0.195. The summed E-state index contributed by atoms with van der Waals surface area (Å²) >= 11 is 0. The maximum atomic E-state index is 11.7. The van der Waals surface area contributed by atoms with E-state index >= 15 is 0 Å². The predicted octanol–water partition coefficient (Wildman–Crippen LogP) is 2.00. The summed E-state index contributed by atoms with van der Waals surface area (Å²) in [6, 6.07) is -0.239. The van der Waals surface area contributed by atoms with Crippen LogP contribution in [0.5, 0.6) is 0 Å². The van der Waals surface area contributed by atoms with Gasteiger partial charge >= 0.3 is 0 Å². The summed E-state index contributed by atoms with van der Waals surface area (Å²) in [6.45, 7) is 4.74. The summed E-state index contributed by atoms with van der Waals surface area (Å²) in [4.78, 5) is 15.7. The molecule has 1 rings (SSSR count). The lowest BCUT2D eigenvalue weighted by atomic mass is 10.2. The maximum absolute atomic E-state index is 11.7. The predicted molar refractivity (Wildman–Crippen MR) is 65.6 cm³/mol. The zero-order chi connectivity index (χ0) is 12.7. The van der Waals surface area contributed by atoms with Crippen LogP contribution in [-0.4, -0.2) is 17.4 Å². The van der Waals surface area contributed by atoms with Gasteiger partial charge in [0.25, 0.3) is 5.91 Å². The number of hydrogen-bond donors (Lipinski definition) is 2. The summed E-state index contributed by atoms with van der Waals surface area (Å²) < 4.78 is 5.17. The monoisotopic (exact) mass is 239 g/mol. The van der Waals surface area contributed by atoms with Gasteiger partial charge in [-0.25, -0.2) is 4.98 Å². The third-order valence-corrected chi connectivity index (χ3v) is 2.58. The molecule has 1 aromatic heterocycles. The first kappa shape index (κ1) is 13.7. The molecular formula is C12H21N3O2. The molecule has 0 fully saturated rings. The number of nitrogens with zero attached hydrogens (tertiary/aromatic N) is 1. The average Bonchev–Trinajstić information content (AvgIpc) is 2.83. The normalized spacial score (nSPS) is 12.4. The van der Waals surface area contributed by atoms with Crippen LogP contribution in [0.25, 0.3) is 0 Å². The molecule has 5 nitrogen and oxygen atoms in total. The second-order valence-electron chi connectivity index (χ2n) is 4.05. The third kappa shape index (κ3) is 4.19. The summed E-state index contributed by atoms with van der Waals surface area (Å²) in [7, 11) is 0. The van der Waals surface area contributed by atoms with Crippen molar-refractivity contribution in [2.45, 2.75) is 45.6 Å². The van der Waals surface area contributed by atoms with Gasteiger partial charge in [0.15, 0.2) is 5.69 Å². The lowest BCUT2D eigenvalue weighted by molar-refractivity contribution is 0.0948. The minimum atomic E-state index is -0.239. The molecule has 0 aliphatic rings. The van der Waals surface area contributed by atoms with Gasteiger partial charge in [-0.05, 0) is 12.8 Å². The highest BCUT2D eigenvalue weighted by atomic mass is 16.3. The first-order chi connectivity index (χ1) is 8.19. The number of nitrogens with one attached hydrogen (secondary N) is 1. The molecule has 0 radical (unpaired) electrons. The van der Waals surface area contributed by atoms with Crippen LogP contribution in [0.3, 0.4) is 0 Å². The first-order valence-corrected chi connectivity index (χ1v) is 6.18. The Bertz CT molecular complexity index is 349. The van der Waals surface area contributed by atoms with Crippen molar-refractivity contribution in [1.82, 2.24) is 10.3 Å². The summed E-state index contributed by atoms with van der Waals surface area (Å²) in [6.07, 6.45) is 5.33. The molecule has 1 unspecified atom stereocenters. The van der Waals surface area contributed by atoms with Gasteiger partial charge in [-0.1, -0.05) is 26.7 Å². The van der Waals surface area contributed by atoms with Crippen LogP contribution in [0, 0.1) is 0 Å². The van der Waals surface area contributed by atoms with Crippen LogP contribution in [0.2, 0.25) is 0 Å². The molecule has 3 N–H and O–H groups in total. The van der Waals surface area contributed by atoms with Crippen LogP contribution in [-0.2, 0) is 0 Å². The Hall–Kier alpha value is -1.36. The molecular weight excluding hydrogens is 218 g/mol. The van der Waals surface area contributed by atoms with Crippen molar-refractivity contribution in [1.29, 1.82) is 0 Å². The molecule has 5 heteroatoms. The zero-order valence-electron chi connectivity index (χ0n) is 10.5. The van der Waals surface area contributed by atoms with Gasteiger partial charge in [0.05, 0.1) is 6.04 Å². The topological polar surface area (TPSA) is 81.2 Å². The lowest BCUT2D eigenvalue weighted by Gasteiger charge is -2.02. The molecule has 1 aromatic rings. The fraction of sp³-hybridized carbons (Fsp3) is 0.667. The van der Waals surface area contributed by atoms with Crippen molar-refractivity contribution in [3.8, 4) is 0 Å². The van der Waals surface area contributed by atoms with Crippen molar-refractivity contribution in [3.63, 3.8) is 0 Å². The minimum Gasteiger partial charge on any atom is -0.446 e. The van der Waals surface area contributed by atoms with Crippen molar-refractivity contribution >= 4 is 5.91 Å². The van der Waals surface area contributed by atoms with E-state index in [1.165, 1.54) is 6.26 Å². The van der Waals surface area contributed by atoms with E-state index in [1.54, 1.807) is 0 Å². The highest BCUT2D eigenvalue weighted by molar-refractivity contribution is 5.91. The number of amides is 1. The summed E-state index contributed by atoms with van der Waals surface area (Å²) in [5.41, 5.74) is 6.07. The van der Waals surface area contributed by atoms with E-state index < -0.39 is 0 Å². The van der Waals surface area contributed by atoms with Gasteiger partial charge < -0.3 is 15.5 Å². The molecule has 0 aliphatic carbocycles. The van der Waals surface area contributed by atoms with Gasteiger partial charge in [0.1, 0.15) is 6.26 Å². The number of hydrogen-bond acceptors (Lipinski definition) is 4. The van der Waals surface area contributed by atoms with E-state index in [2.05, 4.69) is 17.2 Å². The van der Waals surface area contributed by atoms with Gasteiger partial charge in [0, 0.05) is 6.54 Å². The second-order valence-corrected chi connectivity index (χ2v) is 4.05. The molecule has 1 amide bonds. The van der Waals surface area contributed by atoms with Gasteiger partial charge in [-0.2, -0.15) is 0 Å². The largest absolute Gasteiger partial charge is 0.446 e. The van der Waals surface area contributed by atoms with Crippen LogP contribution >= 0.6 is 0 Å². The van der Waals surface area contributed by atoms with E-state index in [1.807, 2.05) is 6.92 Å². The Morgan fingerprint density at radius 1 is 1.53 bits per heavy atom. The highest BCUT2D eigenvalue weighted by Crippen LogP contribution is 2.12. The summed E-state index contributed by atoms with van der Waals surface area (Å²) in [5.74, 6) is 0.227. The number of rotatable bonds is 7. The average molecular weight is 239 g/mol. The molecule has 1 heterocycles. The Labute approximate surface area is 102 Å². The molecule has 1 atom stereocenters. The Balaban J connectivity index is 2.44. The number of oxazole rings is 1. The second kappa shape index (κ2) is 7.06. The van der Waals surface area contributed by atoms with Crippen molar-refractivity contribution in [2.75, 3.05) is 6.54 Å². The van der Waals surface area contributed by atoms with Crippen molar-refractivity contribution < 1.29 is 9.21 Å². The van der Waals surface area contributed by atoms with Gasteiger partial charge in [-0.15, -0.1) is 0 Å². The molecule has 17 heavy (non-hydrogen) atoms. The molecule has 0 aliphatic heterocycles. The SMILES string of the molecule is CCCCCNC(=O)c1coc(C(N)CC)n1. The van der Waals surface area contributed by atoms with E-state index in [0.29, 0.717) is 18.1 Å². The van der Waals surface area contributed by atoms with E-state index in [0.717, 1.165) is 25.7 Å². The fourth-order valence-corrected chi connectivity index (χ4v) is 1.40. The fourth-order valence-electron chi connectivity index (χ4n) is 1.40. The lowest BCUT2D eigenvalue weighted by Crippen LogP contribution is -2.24. The maximum Gasteiger partial charge on any atom is 0.273 e. The molecule has 0 bridgehead atoms. The highest BCUT2D eigenvalue weighted by Gasteiger charge is 2.15. The first-order valence-electron chi connectivity index (χ1n) is 6.18. The van der Waals surface area contributed by atoms with E-state index in [-0.39, 0.29) is 11.9 Å². The van der Waals surface area contributed by atoms with Crippen LogP contribution < -0.4 is 11.1 Å². The zero-order valence-corrected chi connectivity index (χ0v) is 10.5. The summed E-state index contributed by atoms with van der Waals surface area (Å²) in [5, 5.41) is 2.80. The van der Waals surface area contributed by atoms with Crippen LogP contribution in [0.15, 0.2) is 10.7 Å². The standard InChI is InChI=1S/C12H21N3O2/c1-3-5-6-7-14-11(16)10-8-17-12(15-10)9(13)4-2/h8-9H,3-7,13H2,1-2H3,(H,14,16). The number of carbonyl (C=O) groups is 1.